The third-order valence-corrected chi connectivity index (χ3v) is 7.53. The number of aliphatic hydroxyl groups is 1. The Hall–Kier alpha value is -3.53. The van der Waals surface area contributed by atoms with E-state index in [2.05, 4.69) is 25.7 Å². The minimum Gasteiger partial charge on any atom is -0.390 e. The quantitative estimate of drug-likeness (QED) is 0.442. The average molecular weight is 464 g/mol. The number of amides is 1. The number of anilines is 3. The first-order valence-electron chi connectivity index (χ1n) is 11.6. The molecule has 2 atom stereocenters. The van der Waals surface area contributed by atoms with E-state index < -0.39 is 17.3 Å². The van der Waals surface area contributed by atoms with Crippen molar-refractivity contribution >= 4 is 23.4 Å². The number of hydrogen-bond acceptors (Lipinski definition) is 7. The predicted molar refractivity (Wildman–Crippen MR) is 123 cm³/mol. The Kier molecular flexibility index (Phi) is 4.80. The molecular weight excluding hydrogens is 437 g/mol. The van der Waals surface area contributed by atoms with Gasteiger partial charge in [-0.15, -0.1) is 0 Å². The molecule has 0 saturated heterocycles. The summed E-state index contributed by atoms with van der Waals surface area (Å²) >= 11 is 0. The van der Waals surface area contributed by atoms with Gasteiger partial charge in [0.1, 0.15) is 11.5 Å². The number of benzene rings is 1. The molecular formula is C24H26FN7O2. The van der Waals surface area contributed by atoms with Crippen LogP contribution in [0.25, 0.3) is 5.69 Å². The van der Waals surface area contributed by atoms with E-state index in [0.29, 0.717) is 35.4 Å². The summed E-state index contributed by atoms with van der Waals surface area (Å²) in [4.78, 5) is 20.1. The number of halogens is 1. The topological polar surface area (TPSA) is 131 Å². The van der Waals surface area contributed by atoms with Crippen LogP contribution in [0.3, 0.4) is 0 Å². The highest BCUT2D eigenvalue weighted by molar-refractivity contribution is 5.92. The Morgan fingerprint density at radius 2 is 2.00 bits per heavy atom. The van der Waals surface area contributed by atoms with E-state index in [1.54, 1.807) is 18.3 Å². The minimum absolute atomic E-state index is 0.193. The third kappa shape index (κ3) is 3.77. The number of carbonyl (C=O) groups is 1. The summed E-state index contributed by atoms with van der Waals surface area (Å²) in [5.41, 5.74) is 5.64. The van der Waals surface area contributed by atoms with Crippen molar-refractivity contribution in [2.75, 3.05) is 10.6 Å². The Morgan fingerprint density at radius 3 is 2.68 bits per heavy atom. The lowest BCUT2D eigenvalue weighted by atomic mass is 9.52. The first kappa shape index (κ1) is 21.0. The number of nitrogens with one attached hydrogen (secondary N) is 2. The van der Waals surface area contributed by atoms with Gasteiger partial charge in [-0.2, -0.15) is 10.1 Å². The van der Waals surface area contributed by atoms with Crippen LogP contribution in [0, 0.1) is 23.6 Å². The summed E-state index contributed by atoms with van der Waals surface area (Å²) < 4.78 is 16.0. The van der Waals surface area contributed by atoms with Gasteiger partial charge in [0.05, 0.1) is 17.4 Å². The molecule has 4 aliphatic rings. The van der Waals surface area contributed by atoms with Gasteiger partial charge in [0.25, 0.3) is 5.91 Å². The van der Waals surface area contributed by atoms with E-state index >= 15 is 0 Å². The molecule has 2 heterocycles. The van der Waals surface area contributed by atoms with E-state index in [0.717, 1.165) is 37.9 Å². The largest absolute Gasteiger partial charge is 0.390 e. The van der Waals surface area contributed by atoms with Gasteiger partial charge in [0, 0.05) is 24.1 Å². The van der Waals surface area contributed by atoms with Gasteiger partial charge in [-0.05, 0) is 74.1 Å². The number of carbonyl (C=O) groups excluding carboxylic acids is 1. The highest BCUT2D eigenvalue weighted by Crippen LogP contribution is 2.56. The number of primary amides is 1. The fourth-order valence-electron chi connectivity index (χ4n) is 6.37. The highest BCUT2D eigenvalue weighted by atomic mass is 19.1. The molecule has 10 heteroatoms. The maximum absolute atomic E-state index is 14.7. The number of nitrogens with zero attached hydrogens (tertiary/aromatic N) is 4. The lowest BCUT2D eigenvalue weighted by Crippen LogP contribution is -2.59. The van der Waals surface area contributed by atoms with Gasteiger partial charge in [-0.1, -0.05) is 0 Å². The van der Waals surface area contributed by atoms with Gasteiger partial charge >= 0.3 is 0 Å². The van der Waals surface area contributed by atoms with Crippen LogP contribution in [0.5, 0.6) is 0 Å². The zero-order valence-corrected chi connectivity index (χ0v) is 18.5. The van der Waals surface area contributed by atoms with Crippen molar-refractivity contribution < 1.29 is 14.3 Å². The van der Waals surface area contributed by atoms with Crippen molar-refractivity contribution in [2.24, 2.45) is 23.5 Å². The number of rotatable bonds is 6. The van der Waals surface area contributed by atoms with Crippen molar-refractivity contribution in [3.8, 4) is 5.69 Å². The predicted octanol–water partition coefficient (Wildman–Crippen LogP) is 3.00. The monoisotopic (exact) mass is 463 g/mol. The Morgan fingerprint density at radius 1 is 1.21 bits per heavy atom. The molecule has 1 amide bonds. The Bertz CT molecular complexity index is 1250. The van der Waals surface area contributed by atoms with Crippen molar-refractivity contribution in [3.63, 3.8) is 0 Å². The second-order valence-electron chi connectivity index (χ2n) is 9.96. The van der Waals surface area contributed by atoms with Crippen molar-refractivity contribution in [1.29, 1.82) is 0 Å². The minimum atomic E-state index is -0.625. The maximum Gasteiger partial charge on any atom is 0.251 e. The number of aromatic nitrogens is 4. The summed E-state index contributed by atoms with van der Waals surface area (Å²) in [7, 11) is 0. The van der Waals surface area contributed by atoms with E-state index in [1.807, 2.05) is 6.07 Å². The van der Waals surface area contributed by atoms with Crippen LogP contribution >= 0.6 is 0 Å². The van der Waals surface area contributed by atoms with Gasteiger partial charge in [-0.3, -0.25) is 4.79 Å². The highest BCUT2D eigenvalue weighted by Gasteiger charge is 2.54. The Labute approximate surface area is 195 Å². The normalized spacial score (nSPS) is 29.2. The van der Waals surface area contributed by atoms with Crippen LogP contribution in [-0.4, -0.2) is 42.4 Å². The summed E-state index contributed by atoms with van der Waals surface area (Å²) in [6.07, 6.45) is 9.34. The molecule has 34 heavy (non-hydrogen) atoms. The average Bonchev–Trinajstić information content (AvgIpc) is 3.26. The van der Waals surface area contributed by atoms with Crippen LogP contribution in [0.4, 0.5) is 21.8 Å². The van der Waals surface area contributed by atoms with E-state index in [-0.39, 0.29) is 11.3 Å². The second-order valence-corrected chi connectivity index (χ2v) is 9.96. The molecule has 3 aromatic rings. The smallest absolute Gasteiger partial charge is 0.251 e. The fourth-order valence-corrected chi connectivity index (χ4v) is 6.37. The van der Waals surface area contributed by atoms with E-state index in [1.165, 1.54) is 23.1 Å². The van der Waals surface area contributed by atoms with Crippen LogP contribution in [0.15, 0.2) is 42.9 Å². The molecule has 4 aliphatic carbocycles. The van der Waals surface area contributed by atoms with Gasteiger partial charge in [0.15, 0.2) is 5.82 Å². The van der Waals surface area contributed by atoms with E-state index in [4.69, 9.17) is 5.73 Å². The molecule has 4 saturated carbocycles. The van der Waals surface area contributed by atoms with E-state index in [9.17, 15) is 14.3 Å². The van der Waals surface area contributed by atoms with Crippen molar-refractivity contribution in [1.82, 2.24) is 19.7 Å². The van der Waals surface area contributed by atoms with Crippen LogP contribution in [0.2, 0.25) is 0 Å². The van der Waals surface area contributed by atoms with Crippen LogP contribution in [0.1, 0.15) is 42.5 Å². The standard InChI is InChI=1S/C24H26FN7O2/c25-18-7-17(1-2-19(18)32-12-16(11-28-32)22(26)33)29-23-27-4-3-20(31-23)30-21-14-5-13-6-15(21)10-24(34,8-13)9-14/h1-4,7,11-15,21,34H,5-6,8-10H2,(H2,26,33)(H2,27,29,30,31). The van der Waals surface area contributed by atoms with Gasteiger partial charge < -0.3 is 21.5 Å². The first-order chi connectivity index (χ1) is 16.3. The molecule has 7 rings (SSSR count). The third-order valence-electron chi connectivity index (χ3n) is 7.53. The number of nitrogens with two attached hydrogens (primary N) is 1. The van der Waals surface area contributed by atoms with Crippen LogP contribution < -0.4 is 16.4 Å². The lowest BCUT2D eigenvalue weighted by Gasteiger charge is -2.58. The molecule has 1 aromatic carbocycles. The maximum atomic E-state index is 14.7. The van der Waals surface area contributed by atoms with Gasteiger partial charge in [-0.25, -0.2) is 14.1 Å². The molecule has 0 radical (unpaired) electrons. The summed E-state index contributed by atoms with van der Waals surface area (Å²) in [5.74, 6) is 1.49. The Balaban J connectivity index is 1.16. The summed E-state index contributed by atoms with van der Waals surface area (Å²) in [5, 5.41) is 21.5. The molecule has 176 valence electrons. The SMILES string of the molecule is NC(=O)c1cnn(-c2ccc(Nc3nccc(NC4C5CC6CC4CC(O)(C6)C5)n3)cc2F)c1. The van der Waals surface area contributed by atoms with Gasteiger partial charge in [0.2, 0.25) is 5.95 Å². The number of hydrogen-bond donors (Lipinski definition) is 4. The zero-order valence-electron chi connectivity index (χ0n) is 18.5. The molecule has 0 spiro atoms. The van der Waals surface area contributed by atoms with Crippen molar-refractivity contribution in [2.45, 2.75) is 43.7 Å². The molecule has 4 fully saturated rings. The van der Waals surface area contributed by atoms with Crippen molar-refractivity contribution in [3.05, 3.63) is 54.2 Å². The molecule has 5 N–H and O–H groups in total. The molecule has 4 bridgehead atoms. The molecule has 9 nitrogen and oxygen atoms in total. The fraction of sp³-hybridized carbons (Fsp3) is 0.417. The zero-order chi connectivity index (χ0) is 23.4. The second kappa shape index (κ2) is 7.76. The first-order valence-corrected chi connectivity index (χ1v) is 11.6. The lowest BCUT2D eigenvalue weighted by molar-refractivity contribution is -0.129. The summed E-state index contributed by atoms with van der Waals surface area (Å²) in [6, 6.07) is 6.70. The van der Waals surface area contributed by atoms with Crippen LogP contribution in [-0.2, 0) is 0 Å². The molecule has 2 aromatic heterocycles. The molecule has 0 aliphatic heterocycles. The molecule has 2 unspecified atom stereocenters. The summed E-state index contributed by atoms with van der Waals surface area (Å²) in [6.45, 7) is 0.